The fourth-order valence-electron chi connectivity index (χ4n) is 2.68. The molecule has 0 saturated heterocycles. The molecule has 1 aromatic carbocycles. The predicted octanol–water partition coefficient (Wildman–Crippen LogP) is 2.80. The number of rotatable bonds is 6. The van der Waals surface area contributed by atoms with Crippen LogP contribution in [0, 0.1) is 5.92 Å². The zero-order valence-corrected chi connectivity index (χ0v) is 12.7. The molecule has 0 radical (unpaired) electrons. The highest BCUT2D eigenvalue weighted by atomic mass is 32.2. The van der Waals surface area contributed by atoms with E-state index in [1.807, 2.05) is 18.2 Å². The lowest BCUT2D eigenvalue weighted by Crippen LogP contribution is -2.37. The van der Waals surface area contributed by atoms with Gasteiger partial charge in [0.2, 0.25) is 5.91 Å². The molecule has 2 unspecified atom stereocenters. The Morgan fingerprint density at radius 1 is 1.25 bits per heavy atom. The second kappa shape index (κ2) is 8.32. The molecule has 0 bridgehead atoms. The van der Waals surface area contributed by atoms with E-state index < -0.39 is 0 Å². The molecule has 20 heavy (non-hydrogen) atoms. The van der Waals surface area contributed by atoms with Gasteiger partial charge in [0.1, 0.15) is 0 Å². The molecule has 1 fully saturated rings. The van der Waals surface area contributed by atoms with Crippen LogP contribution in [0.4, 0.5) is 0 Å². The molecular formula is C16H24N2OS. The minimum absolute atomic E-state index is 0.154. The maximum Gasteiger partial charge on any atom is 0.220 e. The summed E-state index contributed by atoms with van der Waals surface area (Å²) >= 11 is 1.77. The van der Waals surface area contributed by atoms with Gasteiger partial charge in [-0.05, 0) is 30.9 Å². The molecule has 3 N–H and O–H groups in total. The van der Waals surface area contributed by atoms with Gasteiger partial charge in [0.15, 0.2) is 0 Å². The lowest BCUT2D eigenvalue weighted by molar-refractivity contribution is -0.122. The van der Waals surface area contributed by atoms with Crippen molar-refractivity contribution < 1.29 is 4.79 Å². The number of amides is 1. The van der Waals surface area contributed by atoms with Crippen molar-refractivity contribution in [3.8, 4) is 0 Å². The van der Waals surface area contributed by atoms with E-state index in [1.165, 1.54) is 17.7 Å². The number of carbonyl (C=O) groups is 1. The lowest BCUT2D eigenvalue weighted by atomic mass is 9.83. The zero-order chi connectivity index (χ0) is 14.2. The van der Waals surface area contributed by atoms with Crippen LogP contribution in [0.1, 0.15) is 32.1 Å². The van der Waals surface area contributed by atoms with Crippen LogP contribution in [0.2, 0.25) is 0 Å². The molecule has 1 aliphatic rings. The number of nitrogens with one attached hydrogen (secondary N) is 1. The molecule has 110 valence electrons. The average Bonchev–Trinajstić information content (AvgIpc) is 2.47. The van der Waals surface area contributed by atoms with E-state index in [0.717, 1.165) is 25.1 Å². The zero-order valence-electron chi connectivity index (χ0n) is 11.9. The van der Waals surface area contributed by atoms with Crippen molar-refractivity contribution in [3.05, 3.63) is 30.3 Å². The topological polar surface area (TPSA) is 55.1 Å². The smallest absolute Gasteiger partial charge is 0.220 e. The third kappa shape index (κ3) is 5.17. The van der Waals surface area contributed by atoms with E-state index in [9.17, 15) is 4.79 Å². The van der Waals surface area contributed by atoms with Gasteiger partial charge in [-0.15, -0.1) is 11.8 Å². The summed E-state index contributed by atoms with van der Waals surface area (Å²) in [6.07, 6.45) is 5.20. The van der Waals surface area contributed by atoms with E-state index in [0.29, 0.717) is 12.3 Å². The monoisotopic (exact) mass is 292 g/mol. The van der Waals surface area contributed by atoms with E-state index in [4.69, 9.17) is 5.73 Å². The van der Waals surface area contributed by atoms with Crippen molar-refractivity contribution in [2.24, 2.45) is 11.7 Å². The van der Waals surface area contributed by atoms with E-state index in [2.05, 4.69) is 17.4 Å². The van der Waals surface area contributed by atoms with Gasteiger partial charge in [-0.1, -0.05) is 31.0 Å². The largest absolute Gasteiger partial charge is 0.355 e. The quantitative estimate of drug-likeness (QED) is 0.626. The summed E-state index contributed by atoms with van der Waals surface area (Å²) in [6.45, 7) is 0.723. The molecule has 0 spiro atoms. The fraction of sp³-hybridized carbons (Fsp3) is 0.562. The maximum absolute atomic E-state index is 11.9. The Kier molecular flexibility index (Phi) is 6.40. The van der Waals surface area contributed by atoms with Crippen LogP contribution in [0.5, 0.6) is 0 Å². The first kappa shape index (κ1) is 15.4. The van der Waals surface area contributed by atoms with Crippen LogP contribution in [0.15, 0.2) is 35.2 Å². The number of nitrogens with two attached hydrogens (primary N) is 1. The normalized spacial score (nSPS) is 22.4. The van der Waals surface area contributed by atoms with Crippen LogP contribution in [0.3, 0.4) is 0 Å². The van der Waals surface area contributed by atoms with Crippen molar-refractivity contribution in [1.29, 1.82) is 0 Å². The summed E-state index contributed by atoms with van der Waals surface area (Å²) in [6, 6.07) is 10.5. The van der Waals surface area contributed by atoms with Crippen LogP contribution in [0.25, 0.3) is 0 Å². The first-order chi connectivity index (χ1) is 9.75. The second-order valence-electron chi connectivity index (χ2n) is 5.42. The molecule has 4 heteroatoms. The van der Waals surface area contributed by atoms with Crippen LogP contribution in [-0.4, -0.2) is 24.2 Å². The SMILES string of the molecule is NC1CCCCC1CC(=O)NCCSc1ccccc1. The molecule has 1 saturated carbocycles. The summed E-state index contributed by atoms with van der Waals surface area (Å²) in [7, 11) is 0. The van der Waals surface area contributed by atoms with Gasteiger partial charge in [-0.3, -0.25) is 4.79 Å². The Labute approximate surface area is 125 Å². The van der Waals surface area contributed by atoms with Crippen molar-refractivity contribution in [3.63, 3.8) is 0 Å². The Bertz CT molecular complexity index is 410. The Hall–Kier alpha value is -1.00. The van der Waals surface area contributed by atoms with E-state index in [1.54, 1.807) is 11.8 Å². The van der Waals surface area contributed by atoms with Crippen molar-refractivity contribution >= 4 is 17.7 Å². The maximum atomic E-state index is 11.9. The van der Waals surface area contributed by atoms with E-state index in [-0.39, 0.29) is 11.9 Å². The molecule has 0 aromatic heterocycles. The first-order valence-electron chi connectivity index (χ1n) is 7.46. The minimum atomic E-state index is 0.154. The highest BCUT2D eigenvalue weighted by Crippen LogP contribution is 2.25. The molecular weight excluding hydrogens is 268 g/mol. The second-order valence-corrected chi connectivity index (χ2v) is 6.59. The molecule has 0 heterocycles. The highest BCUT2D eigenvalue weighted by molar-refractivity contribution is 7.99. The lowest BCUT2D eigenvalue weighted by Gasteiger charge is -2.27. The molecule has 2 atom stereocenters. The van der Waals surface area contributed by atoms with Gasteiger partial charge in [0, 0.05) is 29.7 Å². The fourth-order valence-corrected chi connectivity index (χ4v) is 3.47. The van der Waals surface area contributed by atoms with Gasteiger partial charge in [0.05, 0.1) is 0 Å². The number of hydrogen-bond acceptors (Lipinski definition) is 3. The van der Waals surface area contributed by atoms with Gasteiger partial charge in [-0.2, -0.15) is 0 Å². The minimum Gasteiger partial charge on any atom is -0.355 e. The van der Waals surface area contributed by atoms with Gasteiger partial charge in [-0.25, -0.2) is 0 Å². The van der Waals surface area contributed by atoms with Crippen LogP contribution < -0.4 is 11.1 Å². The van der Waals surface area contributed by atoms with Crippen molar-refractivity contribution in [2.75, 3.05) is 12.3 Å². The molecule has 1 aromatic rings. The van der Waals surface area contributed by atoms with Gasteiger partial charge in [0.25, 0.3) is 0 Å². The van der Waals surface area contributed by atoms with Crippen LogP contribution >= 0.6 is 11.8 Å². The summed E-state index contributed by atoms with van der Waals surface area (Å²) in [5, 5.41) is 3.01. The molecule has 0 aliphatic heterocycles. The van der Waals surface area contributed by atoms with E-state index >= 15 is 0 Å². The van der Waals surface area contributed by atoms with Crippen LogP contribution in [-0.2, 0) is 4.79 Å². The molecule has 1 aliphatic carbocycles. The number of benzene rings is 1. The summed E-state index contributed by atoms with van der Waals surface area (Å²) < 4.78 is 0. The third-order valence-electron chi connectivity index (χ3n) is 3.85. The Morgan fingerprint density at radius 3 is 2.75 bits per heavy atom. The molecule has 2 rings (SSSR count). The summed E-state index contributed by atoms with van der Waals surface area (Å²) in [5.74, 6) is 1.44. The number of carbonyl (C=O) groups excluding carboxylic acids is 1. The summed E-state index contributed by atoms with van der Waals surface area (Å²) in [4.78, 5) is 13.1. The highest BCUT2D eigenvalue weighted by Gasteiger charge is 2.23. The predicted molar refractivity (Wildman–Crippen MR) is 84.7 cm³/mol. The van der Waals surface area contributed by atoms with Crippen molar-refractivity contribution in [1.82, 2.24) is 5.32 Å². The van der Waals surface area contributed by atoms with Gasteiger partial charge >= 0.3 is 0 Å². The standard InChI is InChI=1S/C16H24N2OS/c17-15-9-5-4-6-13(15)12-16(19)18-10-11-20-14-7-2-1-3-8-14/h1-3,7-8,13,15H,4-6,9-12,17H2,(H,18,19). The molecule has 3 nitrogen and oxygen atoms in total. The number of hydrogen-bond donors (Lipinski definition) is 2. The summed E-state index contributed by atoms with van der Waals surface area (Å²) in [5.41, 5.74) is 6.07. The molecule has 1 amide bonds. The Morgan fingerprint density at radius 2 is 2.00 bits per heavy atom. The first-order valence-corrected chi connectivity index (χ1v) is 8.44. The number of thioether (sulfide) groups is 1. The van der Waals surface area contributed by atoms with Crippen molar-refractivity contribution in [2.45, 2.75) is 43.0 Å². The Balaban J connectivity index is 1.60. The van der Waals surface area contributed by atoms with Gasteiger partial charge < -0.3 is 11.1 Å². The average molecular weight is 292 g/mol. The third-order valence-corrected chi connectivity index (χ3v) is 4.87.